The van der Waals surface area contributed by atoms with E-state index in [1.807, 2.05) is 140 Å². The number of esters is 1. The summed E-state index contributed by atoms with van der Waals surface area (Å²) in [6.45, 7) is 2.24. The number of rotatable bonds is 12. The lowest BCUT2D eigenvalue weighted by molar-refractivity contribution is 0.0526. The Bertz CT molecular complexity index is 2860. The first-order valence-corrected chi connectivity index (χ1v) is 20.1. The second-order valence-corrected chi connectivity index (χ2v) is 14.5. The van der Waals surface area contributed by atoms with E-state index in [0.29, 0.717) is 22.6 Å². The topological polar surface area (TPSA) is 103 Å². The van der Waals surface area contributed by atoms with Gasteiger partial charge in [0.1, 0.15) is 0 Å². The molecule has 0 saturated carbocycles. The van der Waals surface area contributed by atoms with Crippen molar-refractivity contribution in [1.29, 1.82) is 0 Å². The molecule has 7 aromatic carbocycles. The minimum absolute atomic E-state index is 0.232. The molecule has 0 bridgehead atoms. The van der Waals surface area contributed by atoms with E-state index in [0.717, 1.165) is 49.8 Å². The lowest BCUT2D eigenvalue weighted by atomic mass is 9.77. The van der Waals surface area contributed by atoms with Crippen LogP contribution in [0.4, 0.5) is 5.69 Å². The summed E-state index contributed by atoms with van der Waals surface area (Å²) in [5.74, 6) is -0.220. The summed E-state index contributed by atoms with van der Waals surface area (Å²) in [6.07, 6.45) is 1.60. The van der Waals surface area contributed by atoms with Crippen LogP contribution in [0.3, 0.4) is 0 Å². The van der Waals surface area contributed by atoms with Crippen molar-refractivity contribution in [2.75, 3.05) is 11.5 Å². The van der Waals surface area contributed by atoms with Gasteiger partial charge in [-0.3, -0.25) is 9.78 Å². The number of hydrogen-bond acceptors (Lipinski definition) is 7. The van der Waals surface area contributed by atoms with Crippen molar-refractivity contribution >= 4 is 28.5 Å². The fourth-order valence-electron chi connectivity index (χ4n) is 7.89. The average Bonchev–Trinajstić information content (AvgIpc) is 3.82. The van der Waals surface area contributed by atoms with Gasteiger partial charge in [-0.05, 0) is 75.8 Å². The van der Waals surface area contributed by atoms with E-state index in [1.54, 1.807) is 41.0 Å². The third-order valence-electron chi connectivity index (χ3n) is 10.8. The highest BCUT2D eigenvalue weighted by molar-refractivity contribution is 6.08. The van der Waals surface area contributed by atoms with E-state index in [9.17, 15) is 9.59 Å². The van der Waals surface area contributed by atoms with E-state index in [4.69, 9.17) is 20.1 Å². The molecule has 0 atom stereocenters. The molecule has 0 radical (unpaired) electrons. The second-order valence-electron chi connectivity index (χ2n) is 14.5. The molecule has 1 amide bonds. The van der Waals surface area contributed by atoms with E-state index >= 15 is 0 Å². The Morgan fingerprint density at radius 2 is 1.23 bits per heavy atom. The number of nitrogens with zero attached hydrogens (tertiary/aromatic N) is 6. The first-order valence-electron chi connectivity index (χ1n) is 20.1. The third kappa shape index (κ3) is 7.56. The molecular formula is C52H40N6O3. The molecule has 9 heteroatoms. The van der Waals surface area contributed by atoms with E-state index < -0.39 is 11.5 Å². The molecule has 0 unspecified atom stereocenters. The van der Waals surface area contributed by atoms with Gasteiger partial charge in [0.15, 0.2) is 5.54 Å². The summed E-state index contributed by atoms with van der Waals surface area (Å²) < 4.78 is 5.28. The van der Waals surface area contributed by atoms with Gasteiger partial charge in [0.25, 0.3) is 5.91 Å². The molecular weight excluding hydrogens is 757 g/mol. The van der Waals surface area contributed by atoms with Gasteiger partial charge in [0.05, 0.1) is 29.8 Å². The predicted octanol–water partition coefficient (Wildman–Crippen LogP) is 10.4. The van der Waals surface area contributed by atoms with Crippen LogP contribution in [0.15, 0.2) is 200 Å². The SMILES string of the molecule is CCOC(=O)c1cccc(N(Cc2ccc(-c3ccccc3-c3nnn(C(c4ccccc4)(c4ccccc4)c4ccccc4)n3)cc2)C(=O)c2cnc3ccccc3c2)c1. The highest BCUT2D eigenvalue weighted by atomic mass is 16.5. The van der Waals surface area contributed by atoms with Crippen LogP contribution in [-0.2, 0) is 16.8 Å². The minimum atomic E-state index is -0.909. The normalized spacial score (nSPS) is 11.3. The van der Waals surface area contributed by atoms with Crippen LogP contribution in [0.25, 0.3) is 33.4 Å². The summed E-state index contributed by atoms with van der Waals surface area (Å²) in [5.41, 5.74) is 7.80. The Hall–Kier alpha value is -8.04. The largest absolute Gasteiger partial charge is 0.462 e. The van der Waals surface area contributed by atoms with Crippen LogP contribution in [-0.4, -0.2) is 43.7 Å². The fourth-order valence-corrected chi connectivity index (χ4v) is 7.89. The molecule has 0 aliphatic carbocycles. The summed E-state index contributed by atoms with van der Waals surface area (Å²) >= 11 is 0. The van der Waals surface area contributed by atoms with Crippen molar-refractivity contribution in [2.24, 2.45) is 0 Å². The molecule has 0 fully saturated rings. The maximum Gasteiger partial charge on any atom is 0.338 e. The number of pyridine rings is 1. The number of tetrazole rings is 1. The number of hydrogen-bond donors (Lipinski definition) is 0. The van der Waals surface area contributed by atoms with Crippen LogP contribution < -0.4 is 4.90 Å². The highest BCUT2D eigenvalue weighted by Crippen LogP contribution is 2.40. The average molecular weight is 797 g/mol. The number of ether oxygens (including phenoxy) is 1. The van der Waals surface area contributed by atoms with Crippen molar-refractivity contribution in [3.05, 3.63) is 234 Å². The Labute approximate surface area is 353 Å². The smallest absolute Gasteiger partial charge is 0.338 e. The second kappa shape index (κ2) is 17.1. The van der Waals surface area contributed by atoms with Gasteiger partial charge in [-0.2, -0.15) is 0 Å². The van der Waals surface area contributed by atoms with E-state index in [1.165, 1.54) is 0 Å². The molecule has 0 saturated heterocycles. The highest BCUT2D eigenvalue weighted by Gasteiger charge is 2.41. The molecule has 61 heavy (non-hydrogen) atoms. The zero-order chi connectivity index (χ0) is 41.6. The zero-order valence-electron chi connectivity index (χ0n) is 33.4. The number of para-hydroxylation sites is 1. The molecule has 9 nitrogen and oxygen atoms in total. The molecule has 0 spiro atoms. The van der Waals surface area contributed by atoms with Crippen molar-refractivity contribution < 1.29 is 14.3 Å². The number of aromatic nitrogens is 5. The van der Waals surface area contributed by atoms with Crippen molar-refractivity contribution in [3.63, 3.8) is 0 Å². The molecule has 0 N–H and O–H groups in total. The zero-order valence-corrected chi connectivity index (χ0v) is 33.4. The van der Waals surface area contributed by atoms with Crippen LogP contribution in [0.2, 0.25) is 0 Å². The van der Waals surface area contributed by atoms with Gasteiger partial charge in [-0.25, -0.2) is 4.79 Å². The number of carbonyl (C=O) groups excluding carboxylic acids is 2. The molecule has 0 aliphatic heterocycles. The quantitative estimate of drug-likeness (QED) is 0.0896. The first-order chi connectivity index (χ1) is 30.0. The van der Waals surface area contributed by atoms with Gasteiger partial charge in [0.2, 0.25) is 5.82 Å². The summed E-state index contributed by atoms with van der Waals surface area (Å²) in [6, 6.07) is 63.4. The van der Waals surface area contributed by atoms with Crippen molar-refractivity contribution in [2.45, 2.75) is 19.0 Å². The van der Waals surface area contributed by atoms with Gasteiger partial charge in [-0.1, -0.05) is 164 Å². The lowest BCUT2D eigenvalue weighted by Crippen LogP contribution is -2.39. The molecule has 2 heterocycles. The predicted molar refractivity (Wildman–Crippen MR) is 238 cm³/mol. The number of carbonyl (C=O) groups is 2. The maximum atomic E-state index is 14.4. The van der Waals surface area contributed by atoms with Crippen LogP contribution >= 0.6 is 0 Å². The Morgan fingerprint density at radius 1 is 0.623 bits per heavy atom. The maximum absolute atomic E-state index is 14.4. The number of fused-ring (bicyclic) bond motifs is 1. The summed E-state index contributed by atoms with van der Waals surface area (Å²) in [5, 5.41) is 15.5. The van der Waals surface area contributed by atoms with Gasteiger partial charge in [0, 0.05) is 22.8 Å². The van der Waals surface area contributed by atoms with Crippen LogP contribution in [0.5, 0.6) is 0 Å². The van der Waals surface area contributed by atoms with Gasteiger partial charge >= 0.3 is 5.97 Å². The Balaban J connectivity index is 1.07. The Morgan fingerprint density at radius 3 is 1.89 bits per heavy atom. The lowest BCUT2D eigenvalue weighted by Gasteiger charge is -2.34. The van der Waals surface area contributed by atoms with Gasteiger partial charge in [-0.15, -0.1) is 15.0 Å². The van der Waals surface area contributed by atoms with Crippen molar-refractivity contribution in [1.82, 2.24) is 25.2 Å². The summed E-state index contributed by atoms with van der Waals surface area (Å²) in [7, 11) is 0. The van der Waals surface area contributed by atoms with Crippen molar-refractivity contribution in [3.8, 4) is 22.5 Å². The minimum Gasteiger partial charge on any atom is -0.462 e. The number of benzene rings is 7. The third-order valence-corrected chi connectivity index (χ3v) is 10.8. The molecule has 0 aliphatic rings. The number of anilines is 1. The van der Waals surface area contributed by atoms with Crippen LogP contribution in [0.1, 0.15) is 49.9 Å². The standard InChI is InChI=1S/C52H40N6O3/c1-2-61-51(60)40-18-16-25-45(34-40)57(50(59)41-33-39-17-12-15-28-48(39)53-35-41)36-37-29-31-38(32-30-37)46-26-13-14-27-47(46)49-54-56-58(55-49)52(42-19-6-3-7-20-42,43-21-8-4-9-22-43)44-23-10-5-11-24-44/h3-35H,2,36H2,1H3. The fraction of sp³-hybridized carbons (Fsp3) is 0.0769. The Kier molecular flexibility index (Phi) is 10.8. The van der Waals surface area contributed by atoms with Gasteiger partial charge < -0.3 is 9.64 Å². The van der Waals surface area contributed by atoms with E-state index in [-0.39, 0.29) is 19.1 Å². The first kappa shape index (κ1) is 38.5. The van der Waals surface area contributed by atoms with Crippen LogP contribution in [0, 0.1) is 0 Å². The number of amides is 1. The molecule has 9 aromatic rings. The molecule has 2 aromatic heterocycles. The monoisotopic (exact) mass is 796 g/mol. The molecule has 296 valence electrons. The molecule has 9 rings (SSSR count). The summed E-state index contributed by atoms with van der Waals surface area (Å²) in [4.78, 5) is 35.1. The van der Waals surface area contributed by atoms with E-state index in [2.05, 4.69) is 41.4 Å².